The first kappa shape index (κ1) is 19.7. The Hall–Kier alpha value is -2.56. The molecule has 5 nitrogen and oxygen atoms in total. The van der Waals surface area contributed by atoms with Crippen molar-refractivity contribution in [1.29, 1.82) is 0 Å². The van der Waals surface area contributed by atoms with Gasteiger partial charge in [0.05, 0.1) is 6.26 Å². The summed E-state index contributed by atoms with van der Waals surface area (Å²) in [6.07, 6.45) is 9.85. The number of aryl methyl sites for hydroxylation is 1. The summed E-state index contributed by atoms with van der Waals surface area (Å²) in [6, 6.07) is 11.0. The van der Waals surface area contributed by atoms with Gasteiger partial charge in [0.1, 0.15) is 6.04 Å². The molecule has 1 atom stereocenters. The van der Waals surface area contributed by atoms with Crippen LogP contribution in [0.25, 0.3) is 0 Å². The molecule has 5 heteroatoms. The van der Waals surface area contributed by atoms with Crippen molar-refractivity contribution in [2.24, 2.45) is 0 Å². The van der Waals surface area contributed by atoms with Crippen LogP contribution in [0.15, 0.2) is 47.1 Å². The van der Waals surface area contributed by atoms with E-state index in [1.807, 2.05) is 31.2 Å². The second-order valence-electron chi connectivity index (χ2n) is 8.43. The first-order valence-corrected chi connectivity index (χ1v) is 10.9. The van der Waals surface area contributed by atoms with Gasteiger partial charge in [0, 0.05) is 12.1 Å². The molecule has 1 heterocycles. The first-order chi connectivity index (χ1) is 14.1. The maximum absolute atomic E-state index is 13.5. The second kappa shape index (κ2) is 8.85. The van der Waals surface area contributed by atoms with Gasteiger partial charge in [-0.25, -0.2) is 0 Å². The quantitative estimate of drug-likeness (QED) is 0.767. The van der Waals surface area contributed by atoms with Crippen molar-refractivity contribution in [2.75, 3.05) is 0 Å². The lowest BCUT2D eigenvalue weighted by atomic mass is 9.99. The normalized spacial score (nSPS) is 18.7. The Morgan fingerprint density at radius 3 is 2.28 bits per heavy atom. The third-order valence-electron chi connectivity index (χ3n) is 6.31. The molecule has 0 unspecified atom stereocenters. The SMILES string of the molecule is Cc1ccc([C@H](C(=O)NC2CCCC2)N(C(=O)c2ccco2)C2CCCC2)cc1. The summed E-state index contributed by atoms with van der Waals surface area (Å²) in [5.74, 6) is 0.0179. The van der Waals surface area contributed by atoms with E-state index in [1.54, 1.807) is 17.0 Å². The Morgan fingerprint density at radius 2 is 1.66 bits per heavy atom. The van der Waals surface area contributed by atoms with E-state index in [1.165, 1.54) is 6.26 Å². The third kappa shape index (κ3) is 4.39. The van der Waals surface area contributed by atoms with Crippen LogP contribution in [0.3, 0.4) is 0 Å². The van der Waals surface area contributed by atoms with Crippen molar-refractivity contribution in [3.63, 3.8) is 0 Å². The lowest BCUT2D eigenvalue weighted by Gasteiger charge is -2.36. The Labute approximate surface area is 172 Å². The minimum absolute atomic E-state index is 0.0493. The number of nitrogens with zero attached hydrogens (tertiary/aromatic N) is 1. The Balaban J connectivity index is 1.71. The van der Waals surface area contributed by atoms with Gasteiger partial charge in [-0.15, -0.1) is 0 Å². The molecule has 0 aliphatic heterocycles. The average Bonchev–Trinajstić information content (AvgIpc) is 3.49. The summed E-state index contributed by atoms with van der Waals surface area (Å²) in [4.78, 5) is 28.8. The van der Waals surface area contributed by atoms with Crippen molar-refractivity contribution < 1.29 is 14.0 Å². The molecule has 2 saturated carbocycles. The van der Waals surface area contributed by atoms with E-state index in [2.05, 4.69) is 5.32 Å². The van der Waals surface area contributed by atoms with Crippen LogP contribution in [0.4, 0.5) is 0 Å². The molecule has 4 rings (SSSR count). The van der Waals surface area contributed by atoms with Crippen LogP contribution >= 0.6 is 0 Å². The predicted molar refractivity (Wildman–Crippen MR) is 111 cm³/mol. The topological polar surface area (TPSA) is 62.6 Å². The van der Waals surface area contributed by atoms with E-state index in [4.69, 9.17) is 4.42 Å². The van der Waals surface area contributed by atoms with Gasteiger partial charge in [-0.05, 0) is 50.3 Å². The fourth-order valence-electron chi connectivity index (χ4n) is 4.74. The van der Waals surface area contributed by atoms with Crippen LogP contribution in [0.1, 0.15) is 79.1 Å². The summed E-state index contributed by atoms with van der Waals surface area (Å²) in [5, 5.41) is 3.23. The number of nitrogens with one attached hydrogen (secondary N) is 1. The second-order valence-corrected chi connectivity index (χ2v) is 8.43. The van der Waals surface area contributed by atoms with E-state index >= 15 is 0 Å². The van der Waals surface area contributed by atoms with Crippen LogP contribution in [0.2, 0.25) is 0 Å². The maximum atomic E-state index is 13.5. The van der Waals surface area contributed by atoms with Crippen LogP contribution in [0.5, 0.6) is 0 Å². The number of amides is 2. The Bertz CT molecular complexity index is 816. The number of hydrogen-bond donors (Lipinski definition) is 1. The summed E-state index contributed by atoms with van der Waals surface area (Å²) in [7, 11) is 0. The molecule has 1 aromatic carbocycles. The highest BCUT2D eigenvalue weighted by atomic mass is 16.3. The zero-order valence-electron chi connectivity index (χ0n) is 17.1. The summed E-state index contributed by atoms with van der Waals surface area (Å²) in [5.41, 5.74) is 1.99. The number of furan rings is 1. The molecule has 2 fully saturated rings. The maximum Gasteiger partial charge on any atom is 0.290 e. The standard InChI is InChI=1S/C24H30N2O3/c1-17-12-14-18(15-13-17)22(23(27)25-19-7-2-3-8-19)26(20-9-4-5-10-20)24(28)21-11-6-16-29-21/h6,11-16,19-20,22H,2-5,7-10H2,1H3,(H,25,27)/t22-/m1/s1. The molecule has 2 aliphatic carbocycles. The van der Waals surface area contributed by atoms with E-state index in [9.17, 15) is 9.59 Å². The molecule has 0 radical (unpaired) electrons. The number of carbonyl (C=O) groups excluding carboxylic acids is 2. The average molecular weight is 395 g/mol. The highest BCUT2D eigenvalue weighted by Gasteiger charge is 2.39. The molecule has 2 aromatic rings. The molecule has 0 spiro atoms. The molecular weight excluding hydrogens is 364 g/mol. The highest BCUT2D eigenvalue weighted by molar-refractivity contribution is 5.96. The summed E-state index contributed by atoms with van der Waals surface area (Å²) in [6.45, 7) is 2.03. The van der Waals surface area contributed by atoms with Gasteiger partial charge in [-0.2, -0.15) is 0 Å². The van der Waals surface area contributed by atoms with E-state index in [0.717, 1.165) is 62.5 Å². The van der Waals surface area contributed by atoms with Crippen molar-refractivity contribution in [1.82, 2.24) is 10.2 Å². The Morgan fingerprint density at radius 1 is 1.00 bits per heavy atom. The fourth-order valence-corrected chi connectivity index (χ4v) is 4.74. The minimum atomic E-state index is -0.642. The van der Waals surface area contributed by atoms with Crippen molar-refractivity contribution in [2.45, 2.75) is 76.4 Å². The number of carbonyl (C=O) groups is 2. The minimum Gasteiger partial charge on any atom is -0.459 e. The molecule has 0 saturated heterocycles. The number of rotatable bonds is 6. The molecule has 1 N–H and O–H groups in total. The van der Waals surface area contributed by atoms with Gasteiger partial charge in [0.2, 0.25) is 5.91 Å². The third-order valence-corrected chi connectivity index (χ3v) is 6.31. The molecule has 154 valence electrons. The fraction of sp³-hybridized carbons (Fsp3) is 0.500. The van der Waals surface area contributed by atoms with Gasteiger partial charge in [0.25, 0.3) is 5.91 Å². The van der Waals surface area contributed by atoms with E-state index in [0.29, 0.717) is 5.76 Å². The van der Waals surface area contributed by atoms with E-state index < -0.39 is 6.04 Å². The van der Waals surface area contributed by atoms with Gasteiger partial charge in [0.15, 0.2) is 5.76 Å². The van der Waals surface area contributed by atoms with Gasteiger partial charge < -0.3 is 14.6 Å². The summed E-state index contributed by atoms with van der Waals surface area (Å²) < 4.78 is 5.43. The van der Waals surface area contributed by atoms with Crippen molar-refractivity contribution in [3.05, 3.63) is 59.5 Å². The molecular formula is C24H30N2O3. The molecule has 0 bridgehead atoms. The zero-order valence-corrected chi connectivity index (χ0v) is 17.1. The van der Waals surface area contributed by atoms with Crippen molar-refractivity contribution in [3.8, 4) is 0 Å². The van der Waals surface area contributed by atoms with Gasteiger partial charge >= 0.3 is 0 Å². The van der Waals surface area contributed by atoms with Crippen LogP contribution in [0, 0.1) is 6.92 Å². The monoisotopic (exact) mass is 394 g/mol. The smallest absolute Gasteiger partial charge is 0.290 e. The lowest BCUT2D eigenvalue weighted by Crippen LogP contribution is -2.49. The highest BCUT2D eigenvalue weighted by Crippen LogP contribution is 2.34. The van der Waals surface area contributed by atoms with Gasteiger partial charge in [-0.1, -0.05) is 55.5 Å². The van der Waals surface area contributed by atoms with E-state index in [-0.39, 0.29) is 23.9 Å². The first-order valence-electron chi connectivity index (χ1n) is 10.9. The van der Waals surface area contributed by atoms with Crippen molar-refractivity contribution >= 4 is 11.8 Å². The van der Waals surface area contributed by atoms with Crippen LogP contribution in [-0.2, 0) is 4.79 Å². The largest absolute Gasteiger partial charge is 0.459 e. The molecule has 2 amide bonds. The Kier molecular flexibility index (Phi) is 6.02. The van der Waals surface area contributed by atoms with Crippen LogP contribution < -0.4 is 5.32 Å². The molecule has 2 aliphatic rings. The summed E-state index contributed by atoms with van der Waals surface area (Å²) >= 11 is 0. The molecule has 1 aromatic heterocycles. The van der Waals surface area contributed by atoms with Gasteiger partial charge in [-0.3, -0.25) is 9.59 Å². The van der Waals surface area contributed by atoms with Crippen LogP contribution in [-0.4, -0.2) is 28.8 Å². The predicted octanol–water partition coefficient (Wildman–Crippen LogP) is 4.77. The number of hydrogen-bond acceptors (Lipinski definition) is 3. The lowest BCUT2D eigenvalue weighted by molar-refractivity contribution is -0.127. The zero-order chi connectivity index (χ0) is 20.2. The molecule has 29 heavy (non-hydrogen) atoms. The number of benzene rings is 1.